The molecule has 0 bridgehead atoms. The Morgan fingerprint density at radius 2 is 1.14 bits per heavy atom. The van der Waals surface area contributed by atoms with Gasteiger partial charge in [-0.15, -0.1) is 0 Å². The molecular formula is H6LiO4PSe. The van der Waals surface area contributed by atoms with Gasteiger partial charge in [-0.2, -0.15) is 0 Å². The Hall–Kier alpha value is 1.23. The minimum absolute atomic E-state index is 0. The van der Waals surface area contributed by atoms with Gasteiger partial charge in [0.05, 0.1) is 0 Å². The molecule has 0 saturated carbocycles. The number of hydrogen-bond donors (Lipinski definition) is 3. The first-order valence-electron chi connectivity index (χ1n) is 0.783. The first kappa shape index (κ1) is 15.7. The summed E-state index contributed by atoms with van der Waals surface area (Å²) in [5.41, 5.74) is 0. The van der Waals surface area contributed by atoms with Crippen LogP contribution >= 0.6 is 7.82 Å². The van der Waals surface area contributed by atoms with E-state index in [1.54, 1.807) is 0 Å². The van der Waals surface area contributed by atoms with Gasteiger partial charge in [-0.05, 0) is 0 Å². The maximum atomic E-state index is 8.88. The fourth-order valence-electron chi connectivity index (χ4n) is 0. The summed E-state index contributed by atoms with van der Waals surface area (Å²) < 4.78 is 8.88. The molecule has 4 nitrogen and oxygen atoms in total. The average molecular weight is 187 g/mol. The van der Waals surface area contributed by atoms with Gasteiger partial charge in [-0.3, -0.25) is 0 Å². The van der Waals surface area contributed by atoms with Gasteiger partial charge in [0.1, 0.15) is 0 Å². The van der Waals surface area contributed by atoms with Crippen molar-refractivity contribution in [3.05, 3.63) is 0 Å². The van der Waals surface area contributed by atoms with Crippen LogP contribution in [0.4, 0.5) is 0 Å². The normalized spacial score (nSPS) is 8.43. The predicted octanol–water partition coefficient (Wildman–Crippen LogP) is -2.49. The second-order valence-corrected chi connectivity index (χ2v) is 1.54. The maximum absolute atomic E-state index is 8.88. The zero-order chi connectivity index (χ0) is 4.50. The molecule has 3 N–H and O–H groups in total. The second kappa shape index (κ2) is 5.37. The molecule has 0 aliphatic heterocycles. The Kier molecular flexibility index (Phi) is 12.1. The van der Waals surface area contributed by atoms with E-state index in [4.69, 9.17) is 19.2 Å². The Balaban J connectivity index is -0.0000000800. The van der Waals surface area contributed by atoms with Crippen LogP contribution < -0.4 is 0 Å². The first-order chi connectivity index (χ1) is 2.00. The number of phosphoric acid groups is 1. The van der Waals surface area contributed by atoms with Gasteiger partial charge >= 0.3 is 43.8 Å². The summed E-state index contributed by atoms with van der Waals surface area (Å²) in [6, 6.07) is 0. The quantitative estimate of drug-likeness (QED) is 0.289. The molecule has 7 heteroatoms. The first-order valence-corrected chi connectivity index (χ1v) is 2.35. The van der Waals surface area contributed by atoms with E-state index in [0.29, 0.717) is 0 Å². The Labute approximate surface area is 63.2 Å². The van der Waals surface area contributed by atoms with Crippen molar-refractivity contribution < 1.29 is 19.2 Å². The molecule has 0 atom stereocenters. The van der Waals surface area contributed by atoms with E-state index in [1.807, 2.05) is 0 Å². The van der Waals surface area contributed by atoms with Gasteiger partial charge in [0.2, 0.25) is 0 Å². The SMILES string of the molecule is O=P(O)(O)O.[LiH].[SeH2]. The fourth-order valence-corrected chi connectivity index (χ4v) is 0. The van der Waals surface area contributed by atoms with Crippen molar-refractivity contribution in [3.63, 3.8) is 0 Å². The molecule has 7 heavy (non-hydrogen) atoms. The van der Waals surface area contributed by atoms with Gasteiger partial charge < -0.3 is 14.7 Å². The zero-order valence-corrected chi connectivity index (χ0v) is 5.69. The van der Waals surface area contributed by atoms with Crippen LogP contribution in [-0.4, -0.2) is 50.6 Å². The minimum atomic E-state index is -4.64. The molecule has 0 aromatic carbocycles. The number of hydrogen-bond acceptors (Lipinski definition) is 1. The standard InChI is InChI=1S/Li.H3O4P.H2Se.H/c;1-5(2,3)4;;/h;(H3,1,2,3,4);1H2;. The van der Waals surface area contributed by atoms with Crippen molar-refractivity contribution in [1.29, 1.82) is 0 Å². The van der Waals surface area contributed by atoms with E-state index in [9.17, 15) is 0 Å². The molecule has 0 aromatic rings. The Morgan fingerprint density at radius 3 is 1.14 bits per heavy atom. The van der Waals surface area contributed by atoms with E-state index >= 15 is 0 Å². The van der Waals surface area contributed by atoms with Gasteiger partial charge in [0, 0.05) is 0 Å². The van der Waals surface area contributed by atoms with Crippen LogP contribution in [0.25, 0.3) is 0 Å². The summed E-state index contributed by atoms with van der Waals surface area (Å²) in [6.45, 7) is 0. The van der Waals surface area contributed by atoms with E-state index in [2.05, 4.69) is 0 Å². The molecule has 0 aliphatic rings. The van der Waals surface area contributed by atoms with Crippen LogP contribution in [0, 0.1) is 0 Å². The summed E-state index contributed by atoms with van der Waals surface area (Å²) in [5.74, 6) is 0. The van der Waals surface area contributed by atoms with Crippen molar-refractivity contribution in [1.82, 2.24) is 0 Å². The Morgan fingerprint density at radius 1 is 1.14 bits per heavy atom. The van der Waals surface area contributed by atoms with Gasteiger partial charge in [0.15, 0.2) is 0 Å². The summed E-state index contributed by atoms with van der Waals surface area (Å²) in [4.78, 5) is 21.6. The summed E-state index contributed by atoms with van der Waals surface area (Å²) in [7, 11) is -4.64. The molecule has 0 aromatic heterocycles. The Bertz CT molecular complexity index is 57.8. The molecule has 0 spiro atoms. The van der Waals surface area contributed by atoms with Crippen molar-refractivity contribution in [2.75, 3.05) is 0 Å². The van der Waals surface area contributed by atoms with Gasteiger partial charge in [0.25, 0.3) is 0 Å². The zero-order valence-electron chi connectivity index (χ0n) is 2.70. The molecule has 0 aliphatic carbocycles. The molecule has 0 radical (unpaired) electrons. The summed E-state index contributed by atoms with van der Waals surface area (Å²) in [5, 5.41) is 0. The van der Waals surface area contributed by atoms with E-state index < -0.39 is 7.82 Å². The second-order valence-electron chi connectivity index (χ2n) is 0.513. The molecule has 0 heterocycles. The summed E-state index contributed by atoms with van der Waals surface area (Å²) in [6.07, 6.45) is 0. The third-order valence-electron chi connectivity index (χ3n) is 0. The van der Waals surface area contributed by atoms with E-state index in [0.717, 1.165) is 0 Å². The van der Waals surface area contributed by atoms with Gasteiger partial charge in [-0.25, -0.2) is 4.57 Å². The average Bonchev–Trinajstić information content (AvgIpc) is 0.722. The third-order valence-corrected chi connectivity index (χ3v) is 0. The molecule has 0 amide bonds. The van der Waals surface area contributed by atoms with Crippen molar-refractivity contribution in [3.8, 4) is 0 Å². The molecule has 0 unspecified atom stereocenters. The van der Waals surface area contributed by atoms with E-state index in [1.165, 1.54) is 0 Å². The van der Waals surface area contributed by atoms with Crippen LogP contribution in [0.15, 0.2) is 0 Å². The predicted molar refractivity (Wildman–Crippen MR) is 30.0 cm³/mol. The fraction of sp³-hybridized carbons (Fsp3) is 0. The van der Waals surface area contributed by atoms with Crippen LogP contribution in [0.5, 0.6) is 0 Å². The van der Waals surface area contributed by atoms with Gasteiger partial charge in [-0.1, -0.05) is 0 Å². The number of rotatable bonds is 0. The summed E-state index contributed by atoms with van der Waals surface area (Å²) >= 11 is 0. The molecule has 0 fully saturated rings. The molecular weight excluding hydrogens is 181 g/mol. The van der Waals surface area contributed by atoms with Crippen molar-refractivity contribution in [2.24, 2.45) is 0 Å². The monoisotopic (exact) mass is 188 g/mol. The van der Waals surface area contributed by atoms with E-state index in [-0.39, 0.29) is 35.9 Å². The van der Waals surface area contributed by atoms with Crippen molar-refractivity contribution in [2.45, 2.75) is 0 Å². The molecule has 42 valence electrons. The van der Waals surface area contributed by atoms with Crippen LogP contribution in [0.1, 0.15) is 0 Å². The van der Waals surface area contributed by atoms with Crippen LogP contribution in [-0.2, 0) is 4.57 Å². The molecule has 0 rings (SSSR count). The molecule has 0 saturated heterocycles. The topological polar surface area (TPSA) is 77.8 Å². The van der Waals surface area contributed by atoms with Crippen molar-refractivity contribution >= 4 is 43.8 Å². The van der Waals surface area contributed by atoms with Crippen LogP contribution in [0.3, 0.4) is 0 Å². The van der Waals surface area contributed by atoms with Crippen LogP contribution in [0.2, 0.25) is 0 Å². The third kappa shape index (κ3) is 131.